The van der Waals surface area contributed by atoms with Crippen LogP contribution in [0.25, 0.3) is 5.82 Å². The molecule has 0 spiro atoms. The molecule has 122 valence electrons. The Hall–Kier alpha value is -2.21. The molecule has 2 atom stereocenters. The van der Waals surface area contributed by atoms with Gasteiger partial charge in [-0.1, -0.05) is 13.0 Å². The molecule has 1 fully saturated rings. The summed E-state index contributed by atoms with van der Waals surface area (Å²) in [7, 11) is 0. The quantitative estimate of drug-likeness (QED) is 0.870. The summed E-state index contributed by atoms with van der Waals surface area (Å²) in [6.45, 7) is 7.24. The van der Waals surface area contributed by atoms with Crippen molar-refractivity contribution in [2.75, 3.05) is 13.1 Å². The average Bonchev–Trinajstić information content (AvgIpc) is 2.98. The Morgan fingerprint density at radius 2 is 2.04 bits per heavy atom. The number of aromatic nitrogens is 3. The Labute approximate surface area is 136 Å². The van der Waals surface area contributed by atoms with E-state index in [9.17, 15) is 4.79 Å². The molecule has 0 radical (unpaired) electrons. The summed E-state index contributed by atoms with van der Waals surface area (Å²) in [5.41, 5.74) is 1.54. The van der Waals surface area contributed by atoms with Crippen LogP contribution < -0.4 is 0 Å². The van der Waals surface area contributed by atoms with E-state index in [4.69, 9.17) is 4.74 Å². The van der Waals surface area contributed by atoms with Gasteiger partial charge in [0.15, 0.2) is 5.82 Å². The molecule has 23 heavy (non-hydrogen) atoms. The first-order valence-corrected chi connectivity index (χ1v) is 8.03. The predicted molar refractivity (Wildman–Crippen MR) is 86.6 cm³/mol. The van der Waals surface area contributed by atoms with Crippen molar-refractivity contribution in [3.05, 3.63) is 41.9 Å². The fourth-order valence-corrected chi connectivity index (χ4v) is 3.08. The maximum Gasteiger partial charge on any atom is 0.257 e. The molecule has 6 nitrogen and oxygen atoms in total. The van der Waals surface area contributed by atoms with Crippen molar-refractivity contribution in [2.24, 2.45) is 0 Å². The Bertz CT molecular complexity index is 673. The van der Waals surface area contributed by atoms with Crippen molar-refractivity contribution >= 4 is 5.91 Å². The summed E-state index contributed by atoms with van der Waals surface area (Å²) in [5.74, 6) is 0.748. The van der Waals surface area contributed by atoms with E-state index in [0.717, 1.165) is 11.5 Å². The largest absolute Gasteiger partial charge is 0.372 e. The highest BCUT2D eigenvalue weighted by Crippen LogP contribution is 2.19. The van der Waals surface area contributed by atoms with Gasteiger partial charge in [-0.25, -0.2) is 9.67 Å². The lowest BCUT2D eigenvalue weighted by Gasteiger charge is -2.35. The van der Waals surface area contributed by atoms with Gasteiger partial charge >= 0.3 is 0 Å². The van der Waals surface area contributed by atoms with E-state index in [0.29, 0.717) is 25.1 Å². The highest BCUT2D eigenvalue weighted by atomic mass is 16.5. The number of hydrogen-bond donors (Lipinski definition) is 0. The van der Waals surface area contributed by atoms with Gasteiger partial charge < -0.3 is 9.64 Å². The number of morpholine rings is 1. The van der Waals surface area contributed by atoms with Gasteiger partial charge in [-0.05, 0) is 32.4 Å². The first-order chi connectivity index (χ1) is 11.1. The van der Waals surface area contributed by atoms with E-state index in [1.54, 1.807) is 17.1 Å². The molecule has 2 aromatic heterocycles. The van der Waals surface area contributed by atoms with E-state index in [-0.39, 0.29) is 18.1 Å². The number of nitrogens with zero attached hydrogens (tertiary/aromatic N) is 4. The molecule has 3 heterocycles. The second-order valence-electron chi connectivity index (χ2n) is 5.93. The van der Waals surface area contributed by atoms with Crippen LogP contribution in [0.15, 0.2) is 30.6 Å². The third-order valence-electron chi connectivity index (χ3n) is 4.01. The topological polar surface area (TPSA) is 60.3 Å². The fraction of sp³-hybridized carbons (Fsp3) is 0.471. The van der Waals surface area contributed by atoms with Crippen LogP contribution in [0, 0.1) is 0 Å². The lowest BCUT2D eigenvalue weighted by atomic mass is 10.1. The molecule has 1 aliphatic rings. The first kappa shape index (κ1) is 15.7. The Morgan fingerprint density at radius 1 is 1.30 bits per heavy atom. The molecule has 0 aliphatic carbocycles. The molecular formula is C17H22N4O2. The highest BCUT2D eigenvalue weighted by molar-refractivity contribution is 5.95. The second kappa shape index (κ2) is 6.50. The van der Waals surface area contributed by atoms with Crippen molar-refractivity contribution in [2.45, 2.75) is 39.4 Å². The lowest BCUT2D eigenvalue weighted by Crippen LogP contribution is -2.48. The molecule has 0 unspecified atom stereocenters. The molecule has 2 aromatic rings. The van der Waals surface area contributed by atoms with Crippen LogP contribution in [0.3, 0.4) is 0 Å². The summed E-state index contributed by atoms with van der Waals surface area (Å²) in [4.78, 5) is 19.1. The SMILES string of the molecule is CCc1c(C(=O)N2C[C@@H](C)O[C@H](C)C2)cnn1-c1ccccn1. The Kier molecular flexibility index (Phi) is 4.43. The maximum atomic E-state index is 12.9. The van der Waals surface area contributed by atoms with Crippen molar-refractivity contribution in [3.8, 4) is 5.82 Å². The van der Waals surface area contributed by atoms with E-state index < -0.39 is 0 Å². The van der Waals surface area contributed by atoms with Crippen molar-refractivity contribution < 1.29 is 9.53 Å². The summed E-state index contributed by atoms with van der Waals surface area (Å²) in [5, 5.41) is 4.39. The third-order valence-corrected chi connectivity index (χ3v) is 4.01. The van der Waals surface area contributed by atoms with E-state index in [1.807, 2.05) is 43.9 Å². The van der Waals surface area contributed by atoms with Crippen molar-refractivity contribution in [3.63, 3.8) is 0 Å². The minimum Gasteiger partial charge on any atom is -0.372 e. The number of carbonyl (C=O) groups is 1. The summed E-state index contributed by atoms with van der Waals surface area (Å²) < 4.78 is 7.46. The zero-order valence-corrected chi connectivity index (χ0v) is 13.8. The van der Waals surface area contributed by atoms with Gasteiger partial charge in [-0.15, -0.1) is 0 Å². The zero-order chi connectivity index (χ0) is 16.4. The predicted octanol–water partition coefficient (Wildman–Crippen LogP) is 2.08. The highest BCUT2D eigenvalue weighted by Gasteiger charge is 2.29. The fourth-order valence-electron chi connectivity index (χ4n) is 3.08. The first-order valence-electron chi connectivity index (χ1n) is 8.03. The van der Waals surface area contributed by atoms with Gasteiger partial charge in [0.2, 0.25) is 0 Å². The van der Waals surface area contributed by atoms with Gasteiger partial charge in [0.25, 0.3) is 5.91 Å². The number of amides is 1. The van der Waals surface area contributed by atoms with Crippen molar-refractivity contribution in [1.29, 1.82) is 0 Å². The summed E-state index contributed by atoms with van der Waals surface area (Å²) >= 11 is 0. The monoisotopic (exact) mass is 314 g/mol. The minimum atomic E-state index is 0.0195. The molecular weight excluding hydrogens is 292 g/mol. The molecule has 3 rings (SSSR count). The van der Waals surface area contributed by atoms with Crippen LogP contribution in [0.2, 0.25) is 0 Å². The van der Waals surface area contributed by atoms with Gasteiger partial charge in [0.1, 0.15) is 0 Å². The summed E-state index contributed by atoms with van der Waals surface area (Å²) in [6.07, 6.45) is 4.20. The molecule has 0 bridgehead atoms. The molecule has 1 amide bonds. The molecule has 0 N–H and O–H groups in total. The van der Waals surface area contributed by atoms with Crippen LogP contribution in [-0.2, 0) is 11.2 Å². The van der Waals surface area contributed by atoms with Crippen LogP contribution in [0.1, 0.15) is 36.8 Å². The summed E-state index contributed by atoms with van der Waals surface area (Å²) in [6, 6.07) is 5.66. The van der Waals surface area contributed by atoms with Gasteiger partial charge in [-0.3, -0.25) is 4.79 Å². The number of hydrogen-bond acceptors (Lipinski definition) is 4. The minimum absolute atomic E-state index is 0.0195. The third kappa shape index (κ3) is 3.12. The van der Waals surface area contributed by atoms with Gasteiger partial charge in [-0.2, -0.15) is 5.10 Å². The lowest BCUT2D eigenvalue weighted by molar-refractivity contribution is -0.0586. The van der Waals surface area contributed by atoms with E-state index in [1.165, 1.54) is 0 Å². The van der Waals surface area contributed by atoms with E-state index >= 15 is 0 Å². The average molecular weight is 314 g/mol. The smallest absolute Gasteiger partial charge is 0.257 e. The van der Waals surface area contributed by atoms with Crippen LogP contribution >= 0.6 is 0 Å². The van der Waals surface area contributed by atoms with Gasteiger partial charge in [0.05, 0.1) is 29.7 Å². The van der Waals surface area contributed by atoms with Crippen LogP contribution in [0.4, 0.5) is 0 Å². The number of rotatable bonds is 3. The van der Waals surface area contributed by atoms with Crippen LogP contribution in [0.5, 0.6) is 0 Å². The second-order valence-corrected chi connectivity index (χ2v) is 5.93. The molecule has 1 aliphatic heterocycles. The maximum absolute atomic E-state index is 12.9. The number of carbonyl (C=O) groups excluding carboxylic acids is 1. The van der Waals surface area contributed by atoms with Gasteiger partial charge in [0, 0.05) is 19.3 Å². The Balaban J connectivity index is 1.91. The number of pyridine rings is 1. The number of ether oxygens (including phenoxy) is 1. The van der Waals surface area contributed by atoms with Crippen molar-refractivity contribution in [1.82, 2.24) is 19.7 Å². The van der Waals surface area contributed by atoms with E-state index in [2.05, 4.69) is 10.1 Å². The van der Waals surface area contributed by atoms with Crippen LogP contribution in [-0.4, -0.2) is 50.9 Å². The normalized spacial score (nSPS) is 21.4. The molecule has 0 saturated carbocycles. The standard InChI is InChI=1S/C17H22N4O2/c1-4-15-14(9-19-21(15)16-7-5-6-8-18-16)17(22)20-10-12(2)23-13(3)11-20/h5-9,12-13H,4,10-11H2,1-3H3/t12-,13-/m1/s1. The zero-order valence-electron chi connectivity index (χ0n) is 13.8. The molecule has 0 aromatic carbocycles. The molecule has 6 heteroatoms. The Morgan fingerprint density at radius 3 is 2.65 bits per heavy atom. The molecule has 1 saturated heterocycles.